The SMILES string of the molecule is CCCC1=C(C(=O)OC(C)C)C(c2cccc(OCc3ccccc3Cl)c2)NC(=O)N1. The van der Waals surface area contributed by atoms with Gasteiger partial charge in [0.15, 0.2) is 0 Å². The van der Waals surface area contributed by atoms with Crippen LogP contribution in [0.1, 0.15) is 50.8 Å². The van der Waals surface area contributed by atoms with Crippen molar-refractivity contribution in [3.8, 4) is 5.75 Å². The van der Waals surface area contributed by atoms with Gasteiger partial charge in [0.1, 0.15) is 12.4 Å². The fourth-order valence-corrected chi connectivity index (χ4v) is 3.58. The van der Waals surface area contributed by atoms with Gasteiger partial charge in [0.2, 0.25) is 0 Å². The standard InChI is InChI=1S/C24H27ClN2O4/c1-4-8-20-21(23(28)31-15(2)3)22(27-24(29)26-20)16-10-7-11-18(13-16)30-14-17-9-5-6-12-19(17)25/h5-7,9-13,15,22H,4,8,14H2,1-3H3,(H2,26,27,29). The first-order chi connectivity index (χ1) is 14.9. The molecule has 1 aliphatic heterocycles. The molecule has 1 atom stereocenters. The Morgan fingerprint density at radius 3 is 2.65 bits per heavy atom. The third-order valence-corrected chi connectivity index (χ3v) is 5.13. The molecule has 0 bridgehead atoms. The molecule has 0 radical (unpaired) electrons. The van der Waals surface area contributed by atoms with E-state index in [0.29, 0.717) is 35.1 Å². The van der Waals surface area contributed by atoms with Crippen molar-refractivity contribution < 1.29 is 19.1 Å². The van der Waals surface area contributed by atoms with Crippen molar-refractivity contribution in [1.29, 1.82) is 0 Å². The van der Waals surface area contributed by atoms with Gasteiger partial charge < -0.3 is 20.1 Å². The molecule has 0 aliphatic carbocycles. The molecular formula is C24H27ClN2O4. The number of urea groups is 1. The summed E-state index contributed by atoms with van der Waals surface area (Å²) in [7, 11) is 0. The lowest BCUT2D eigenvalue weighted by Gasteiger charge is -2.30. The van der Waals surface area contributed by atoms with E-state index in [1.165, 1.54) is 0 Å². The number of amides is 2. The minimum atomic E-state index is -0.634. The zero-order chi connectivity index (χ0) is 22.4. The lowest BCUT2D eigenvalue weighted by atomic mass is 9.93. The Bertz CT molecular complexity index is 987. The molecule has 31 heavy (non-hydrogen) atoms. The molecular weight excluding hydrogens is 416 g/mol. The lowest BCUT2D eigenvalue weighted by molar-refractivity contribution is -0.143. The molecule has 164 valence electrons. The summed E-state index contributed by atoms with van der Waals surface area (Å²) in [4.78, 5) is 25.2. The average molecular weight is 443 g/mol. The predicted molar refractivity (Wildman–Crippen MR) is 120 cm³/mol. The molecule has 0 saturated heterocycles. The minimum absolute atomic E-state index is 0.272. The fraction of sp³-hybridized carbons (Fsp3) is 0.333. The van der Waals surface area contributed by atoms with E-state index in [4.69, 9.17) is 21.1 Å². The van der Waals surface area contributed by atoms with Crippen LogP contribution in [0.2, 0.25) is 5.02 Å². The second-order valence-electron chi connectivity index (χ2n) is 7.58. The Morgan fingerprint density at radius 1 is 1.16 bits per heavy atom. The summed E-state index contributed by atoms with van der Waals surface area (Å²) in [6.07, 6.45) is 1.07. The average Bonchev–Trinajstić information content (AvgIpc) is 2.72. The molecule has 0 fully saturated rings. The third-order valence-electron chi connectivity index (χ3n) is 4.76. The Labute approximate surface area is 187 Å². The van der Waals surface area contributed by atoms with Crippen molar-refractivity contribution in [1.82, 2.24) is 10.6 Å². The number of nitrogens with one attached hydrogen (secondary N) is 2. The second kappa shape index (κ2) is 10.4. The van der Waals surface area contributed by atoms with Crippen molar-refractivity contribution in [2.75, 3.05) is 0 Å². The number of ether oxygens (including phenoxy) is 2. The molecule has 3 rings (SSSR count). The van der Waals surface area contributed by atoms with Gasteiger partial charge >= 0.3 is 12.0 Å². The zero-order valence-corrected chi connectivity index (χ0v) is 18.7. The smallest absolute Gasteiger partial charge is 0.338 e. The van der Waals surface area contributed by atoms with E-state index in [0.717, 1.165) is 17.5 Å². The lowest BCUT2D eigenvalue weighted by Crippen LogP contribution is -2.46. The molecule has 1 heterocycles. The van der Waals surface area contributed by atoms with Crippen LogP contribution in [0.5, 0.6) is 5.75 Å². The molecule has 1 unspecified atom stereocenters. The number of hydrogen-bond acceptors (Lipinski definition) is 4. The summed E-state index contributed by atoms with van der Waals surface area (Å²) >= 11 is 6.21. The molecule has 1 aliphatic rings. The monoisotopic (exact) mass is 442 g/mol. The number of rotatable bonds is 8. The number of esters is 1. The van der Waals surface area contributed by atoms with E-state index < -0.39 is 12.0 Å². The highest BCUT2D eigenvalue weighted by Gasteiger charge is 2.34. The molecule has 2 aromatic rings. The van der Waals surface area contributed by atoms with Gasteiger partial charge in [-0.2, -0.15) is 0 Å². The summed E-state index contributed by atoms with van der Waals surface area (Å²) < 4.78 is 11.4. The molecule has 0 spiro atoms. The first-order valence-electron chi connectivity index (χ1n) is 10.4. The Hall–Kier alpha value is -2.99. The van der Waals surface area contributed by atoms with Gasteiger partial charge in [-0.1, -0.05) is 55.3 Å². The van der Waals surface area contributed by atoms with Crippen molar-refractivity contribution in [2.24, 2.45) is 0 Å². The Morgan fingerprint density at radius 2 is 1.94 bits per heavy atom. The summed E-state index contributed by atoms with van der Waals surface area (Å²) in [5, 5.41) is 6.26. The maximum absolute atomic E-state index is 12.9. The quantitative estimate of drug-likeness (QED) is 0.545. The predicted octanol–water partition coefficient (Wildman–Crippen LogP) is 5.28. The Balaban J connectivity index is 1.90. The van der Waals surface area contributed by atoms with Gasteiger partial charge in [0.25, 0.3) is 0 Å². The first-order valence-corrected chi connectivity index (χ1v) is 10.7. The van der Waals surface area contributed by atoms with Crippen LogP contribution in [-0.4, -0.2) is 18.1 Å². The minimum Gasteiger partial charge on any atom is -0.489 e. The zero-order valence-electron chi connectivity index (χ0n) is 17.9. The maximum Gasteiger partial charge on any atom is 0.338 e. The van der Waals surface area contributed by atoms with Gasteiger partial charge in [0.05, 0.1) is 17.7 Å². The molecule has 2 N–H and O–H groups in total. The normalized spacial score (nSPS) is 16.0. The van der Waals surface area contributed by atoms with Crippen molar-refractivity contribution in [3.05, 3.63) is 76.0 Å². The van der Waals surface area contributed by atoms with Gasteiger partial charge in [-0.3, -0.25) is 0 Å². The van der Waals surface area contributed by atoms with Gasteiger partial charge in [-0.25, -0.2) is 9.59 Å². The van der Waals surface area contributed by atoms with Crippen molar-refractivity contribution in [2.45, 2.75) is 52.4 Å². The van der Waals surface area contributed by atoms with Crippen LogP contribution in [0.3, 0.4) is 0 Å². The molecule has 0 saturated carbocycles. The molecule has 2 aromatic carbocycles. The van der Waals surface area contributed by atoms with E-state index in [1.807, 2.05) is 55.5 Å². The number of halogens is 1. The molecule has 7 heteroatoms. The highest BCUT2D eigenvalue weighted by atomic mass is 35.5. The van der Waals surface area contributed by atoms with E-state index in [1.54, 1.807) is 13.8 Å². The molecule has 6 nitrogen and oxygen atoms in total. The third kappa shape index (κ3) is 5.79. The summed E-state index contributed by atoms with van der Waals surface area (Å²) in [5.74, 6) is 0.164. The van der Waals surface area contributed by atoms with Crippen LogP contribution in [0.25, 0.3) is 0 Å². The van der Waals surface area contributed by atoms with E-state index >= 15 is 0 Å². The summed E-state index contributed by atoms with van der Waals surface area (Å²) in [6.45, 7) is 5.89. The Kier molecular flexibility index (Phi) is 7.58. The maximum atomic E-state index is 12.9. The van der Waals surface area contributed by atoms with Crippen molar-refractivity contribution >= 4 is 23.6 Å². The van der Waals surface area contributed by atoms with Crippen LogP contribution < -0.4 is 15.4 Å². The van der Waals surface area contributed by atoms with Crippen molar-refractivity contribution in [3.63, 3.8) is 0 Å². The van der Waals surface area contributed by atoms with Crippen LogP contribution >= 0.6 is 11.6 Å². The largest absolute Gasteiger partial charge is 0.489 e. The number of hydrogen-bond donors (Lipinski definition) is 2. The van der Waals surface area contributed by atoms with E-state index in [2.05, 4.69) is 10.6 Å². The summed E-state index contributed by atoms with van der Waals surface area (Å²) in [5.41, 5.74) is 2.61. The second-order valence-corrected chi connectivity index (χ2v) is 7.99. The van der Waals surface area contributed by atoms with E-state index in [-0.39, 0.29) is 12.1 Å². The van der Waals surface area contributed by atoms with Gasteiger partial charge in [-0.15, -0.1) is 0 Å². The van der Waals surface area contributed by atoms with Crippen LogP contribution in [0.15, 0.2) is 59.8 Å². The van der Waals surface area contributed by atoms with E-state index in [9.17, 15) is 9.59 Å². The highest BCUT2D eigenvalue weighted by Crippen LogP contribution is 2.31. The topological polar surface area (TPSA) is 76.7 Å². The number of benzene rings is 2. The van der Waals surface area contributed by atoms with Crippen LogP contribution in [0, 0.1) is 0 Å². The molecule has 0 aromatic heterocycles. The van der Waals surface area contributed by atoms with Gasteiger partial charge in [-0.05, 0) is 44.0 Å². The van der Waals surface area contributed by atoms with Gasteiger partial charge in [0, 0.05) is 16.3 Å². The number of carbonyl (C=O) groups excluding carboxylic acids is 2. The highest BCUT2D eigenvalue weighted by molar-refractivity contribution is 6.31. The fourth-order valence-electron chi connectivity index (χ4n) is 3.39. The van der Waals surface area contributed by atoms with Crippen LogP contribution in [-0.2, 0) is 16.1 Å². The van der Waals surface area contributed by atoms with Crippen LogP contribution in [0.4, 0.5) is 4.79 Å². The number of carbonyl (C=O) groups is 2. The first kappa shape index (κ1) is 22.7. The molecule has 2 amide bonds. The number of allylic oxidation sites excluding steroid dienone is 1. The summed E-state index contributed by atoms with van der Waals surface area (Å²) in [6, 6.07) is 13.8.